The normalized spacial score (nSPS) is 22.4. The summed E-state index contributed by atoms with van der Waals surface area (Å²) in [4.78, 5) is 0. The molecule has 2 N–H and O–H groups in total. The van der Waals surface area contributed by atoms with Crippen LogP contribution in [0.2, 0.25) is 0 Å². The van der Waals surface area contributed by atoms with Gasteiger partial charge in [-0.15, -0.1) is 0 Å². The molecule has 1 aliphatic rings. The fraction of sp³-hybridized carbons (Fsp3) is 0.571. The predicted molar refractivity (Wildman–Crippen MR) is 77.2 cm³/mol. The first-order valence-corrected chi connectivity index (χ1v) is 8.44. The summed E-state index contributed by atoms with van der Waals surface area (Å²) in [5.74, 6) is 0.551. The van der Waals surface area contributed by atoms with E-state index in [0.29, 0.717) is 5.92 Å². The molecule has 0 heterocycles. The molecule has 1 saturated carbocycles. The summed E-state index contributed by atoms with van der Waals surface area (Å²) in [6.07, 6.45) is 0.959. The quantitative estimate of drug-likeness (QED) is 0.799. The molecule has 0 spiro atoms. The molecule has 0 aromatic heterocycles. The largest absolute Gasteiger partial charge is 0.313 e. The molecule has 106 valence electrons. The van der Waals surface area contributed by atoms with Gasteiger partial charge in [0.25, 0.3) is 0 Å². The maximum Gasteiger partial charge on any atom is 0.216 e. The van der Waals surface area contributed by atoms with E-state index in [-0.39, 0.29) is 11.8 Å². The second kappa shape index (κ2) is 6.03. The van der Waals surface area contributed by atoms with E-state index < -0.39 is 10.0 Å². The van der Waals surface area contributed by atoms with Crippen LogP contribution in [0.25, 0.3) is 0 Å². The van der Waals surface area contributed by atoms with Crippen LogP contribution < -0.4 is 10.0 Å². The molecule has 19 heavy (non-hydrogen) atoms. The highest BCUT2D eigenvalue weighted by Crippen LogP contribution is 2.30. The van der Waals surface area contributed by atoms with Gasteiger partial charge in [-0.2, -0.15) is 0 Å². The van der Waals surface area contributed by atoms with Gasteiger partial charge in [0.1, 0.15) is 0 Å². The van der Waals surface area contributed by atoms with Gasteiger partial charge in [-0.25, -0.2) is 13.1 Å². The van der Waals surface area contributed by atoms with Crippen LogP contribution in [0.5, 0.6) is 0 Å². The molecule has 0 saturated heterocycles. The third-order valence-corrected chi connectivity index (χ3v) is 4.77. The number of rotatable bonds is 7. The molecule has 2 unspecified atom stereocenters. The van der Waals surface area contributed by atoms with E-state index >= 15 is 0 Å². The van der Waals surface area contributed by atoms with Crippen molar-refractivity contribution in [2.45, 2.75) is 38.6 Å². The molecule has 0 radical (unpaired) electrons. The summed E-state index contributed by atoms with van der Waals surface area (Å²) < 4.78 is 26.6. The lowest BCUT2D eigenvalue weighted by atomic mass is 10.1. The fourth-order valence-electron chi connectivity index (χ4n) is 2.00. The molecular weight excluding hydrogens is 260 g/mol. The van der Waals surface area contributed by atoms with Gasteiger partial charge in [-0.1, -0.05) is 38.1 Å². The Morgan fingerprint density at radius 3 is 2.32 bits per heavy atom. The Balaban J connectivity index is 1.91. The summed E-state index contributed by atoms with van der Waals surface area (Å²) in [7, 11) is -3.20. The monoisotopic (exact) mass is 282 g/mol. The standard InChI is InChI=1S/C14H22N2O2S/c1-3-15-9-12-4-6-13(7-5-12)10-19(17,18)16-14-8-11(14)2/h4-7,11,14-16H,3,8-10H2,1-2H3. The minimum absolute atomic E-state index is 0.0672. The first-order chi connectivity index (χ1) is 9.00. The van der Waals surface area contributed by atoms with Crippen molar-refractivity contribution in [2.75, 3.05) is 6.54 Å². The van der Waals surface area contributed by atoms with Crippen LogP contribution in [0.3, 0.4) is 0 Å². The van der Waals surface area contributed by atoms with Crippen LogP contribution >= 0.6 is 0 Å². The molecule has 4 nitrogen and oxygen atoms in total. The molecule has 2 atom stereocenters. The van der Waals surface area contributed by atoms with E-state index in [1.54, 1.807) is 0 Å². The van der Waals surface area contributed by atoms with Crippen LogP contribution in [0.4, 0.5) is 0 Å². The summed E-state index contributed by atoms with van der Waals surface area (Å²) in [5.41, 5.74) is 2.01. The van der Waals surface area contributed by atoms with Crippen LogP contribution in [-0.4, -0.2) is 21.0 Å². The summed E-state index contributed by atoms with van der Waals surface area (Å²) in [6, 6.07) is 7.89. The van der Waals surface area contributed by atoms with Gasteiger partial charge >= 0.3 is 0 Å². The van der Waals surface area contributed by atoms with Gasteiger partial charge in [-0.3, -0.25) is 0 Å². The lowest BCUT2D eigenvalue weighted by Gasteiger charge is -2.07. The van der Waals surface area contributed by atoms with E-state index in [1.165, 1.54) is 5.56 Å². The van der Waals surface area contributed by atoms with Crippen LogP contribution in [-0.2, 0) is 22.3 Å². The Morgan fingerprint density at radius 1 is 1.21 bits per heavy atom. The smallest absolute Gasteiger partial charge is 0.216 e. The number of sulfonamides is 1. The second-order valence-electron chi connectivity index (χ2n) is 5.29. The van der Waals surface area contributed by atoms with E-state index in [2.05, 4.69) is 23.9 Å². The fourth-order valence-corrected chi connectivity index (χ4v) is 3.51. The Hall–Kier alpha value is -0.910. The Labute approximate surface area is 115 Å². The van der Waals surface area contributed by atoms with E-state index in [1.807, 2.05) is 24.3 Å². The van der Waals surface area contributed by atoms with Crippen molar-refractivity contribution in [2.24, 2.45) is 5.92 Å². The second-order valence-corrected chi connectivity index (χ2v) is 7.05. The van der Waals surface area contributed by atoms with E-state index in [0.717, 1.165) is 25.1 Å². The first-order valence-electron chi connectivity index (χ1n) is 6.78. The highest BCUT2D eigenvalue weighted by atomic mass is 32.2. The summed E-state index contributed by atoms with van der Waals surface area (Å²) in [5, 5.41) is 3.24. The third-order valence-electron chi connectivity index (χ3n) is 3.40. The molecule has 0 amide bonds. The van der Waals surface area contributed by atoms with Crippen molar-refractivity contribution in [1.29, 1.82) is 0 Å². The minimum Gasteiger partial charge on any atom is -0.313 e. The van der Waals surface area contributed by atoms with Crippen LogP contribution in [0.15, 0.2) is 24.3 Å². The molecule has 1 fully saturated rings. The molecule has 5 heteroatoms. The maximum atomic E-state index is 11.9. The van der Waals surface area contributed by atoms with Gasteiger partial charge in [0, 0.05) is 12.6 Å². The zero-order valence-electron chi connectivity index (χ0n) is 11.5. The van der Waals surface area contributed by atoms with Crippen molar-refractivity contribution >= 4 is 10.0 Å². The number of nitrogens with one attached hydrogen (secondary N) is 2. The van der Waals surface area contributed by atoms with E-state index in [4.69, 9.17) is 0 Å². The summed E-state index contributed by atoms with van der Waals surface area (Å²) in [6.45, 7) is 5.87. The lowest BCUT2D eigenvalue weighted by Crippen LogP contribution is -2.28. The minimum atomic E-state index is -3.20. The SMILES string of the molecule is CCNCc1ccc(CS(=O)(=O)NC2CC2C)cc1. The molecule has 1 aliphatic carbocycles. The third kappa shape index (κ3) is 4.60. The number of hydrogen-bond acceptors (Lipinski definition) is 3. The molecular formula is C14H22N2O2S. The van der Waals surface area contributed by atoms with Crippen LogP contribution in [0, 0.1) is 5.92 Å². The van der Waals surface area contributed by atoms with Crippen LogP contribution in [0.1, 0.15) is 31.4 Å². The molecule has 0 bridgehead atoms. The zero-order chi connectivity index (χ0) is 13.9. The van der Waals surface area contributed by atoms with Crippen molar-refractivity contribution in [1.82, 2.24) is 10.0 Å². The van der Waals surface area contributed by atoms with Crippen molar-refractivity contribution in [3.8, 4) is 0 Å². The lowest BCUT2D eigenvalue weighted by molar-refractivity contribution is 0.577. The zero-order valence-corrected chi connectivity index (χ0v) is 12.3. The average molecular weight is 282 g/mol. The average Bonchev–Trinajstić information content (AvgIpc) is 3.02. The van der Waals surface area contributed by atoms with Gasteiger partial charge in [0.2, 0.25) is 10.0 Å². The van der Waals surface area contributed by atoms with Crippen molar-refractivity contribution in [3.05, 3.63) is 35.4 Å². The number of hydrogen-bond donors (Lipinski definition) is 2. The van der Waals surface area contributed by atoms with Gasteiger partial charge in [-0.05, 0) is 30.0 Å². The van der Waals surface area contributed by atoms with Gasteiger partial charge < -0.3 is 5.32 Å². The highest BCUT2D eigenvalue weighted by Gasteiger charge is 2.35. The highest BCUT2D eigenvalue weighted by molar-refractivity contribution is 7.88. The first kappa shape index (κ1) is 14.5. The molecule has 2 rings (SSSR count). The number of benzene rings is 1. The Kier molecular flexibility index (Phi) is 4.60. The maximum absolute atomic E-state index is 11.9. The Morgan fingerprint density at radius 2 is 1.79 bits per heavy atom. The van der Waals surface area contributed by atoms with E-state index in [9.17, 15) is 8.42 Å². The van der Waals surface area contributed by atoms with Gasteiger partial charge in [0.15, 0.2) is 0 Å². The molecule has 1 aromatic carbocycles. The van der Waals surface area contributed by atoms with Gasteiger partial charge in [0.05, 0.1) is 5.75 Å². The van der Waals surface area contributed by atoms with Crippen molar-refractivity contribution < 1.29 is 8.42 Å². The van der Waals surface area contributed by atoms with Crippen molar-refractivity contribution in [3.63, 3.8) is 0 Å². The molecule has 1 aromatic rings. The summed E-state index contributed by atoms with van der Waals surface area (Å²) >= 11 is 0. The topological polar surface area (TPSA) is 58.2 Å². The predicted octanol–water partition coefficient (Wildman–Crippen LogP) is 1.62. The Bertz CT molecular complexity index is 511. The molecule has 0 aliphatic heterocycles.